The zero-order chi connectivity index (χ0) is 17.7. The van der Waals surface area contributed by atoms with E-state index in [9.17, 15) is 9.90 Å². The fraction of sp³-hybridized carbons (Fsp3) is 0.500. The molecular formula is C18H20N4O3. The first-order valence-corrected chi connectivity index (χ1v) is 8.43. The second-order valence-corrected chi connectivity index (χ2v) is 7.22. The van der Waals surface area contributed by atoms with Crippen LogP contribution in [-0.2, 0) is 11.3 Å². The Hall–Kier alpha value is -2.27. The third-order valence-electron chi connectivity index (χ3n) is 5.65. The van der Waals surface area contributed by atoms with E-state index in [1.807, 2.05) is 0 Å². The Kier molecular flexibility index (Phi) is 3.65. The minimum absolute atomic E-state index is 0.108. The van der Waals surface area contributed by atoms with Gasteiger partial charge in [0.25, 0.3) is 5.56 Å². The Balaban J connectivity index is 1.70. The lowest BCUT2D eigenvalue weighted by Crippen LogP contribution is -2.64. The van der Waals surface area contributed by atoms with Crippen LogP contribution in [0, 0.1) is 6.57 Å². The maximum absolute atomic E-state index is 12.4. The van der Waals surface area contributed by atoms with Crippen LogP contribution in [-0.4, -0.2) is 38.5 Å². The summed E-state index contributed by atoms with van der Waals surface area (Å²) in [4.78, 5) is 20.0. The number of hydrogen-bond donors (Lipinski definition) is 2. The lowest BCUT2D eigenvalue weighted by Gasteiger charge is -2.53. The van der Waals surface area contributed by atoms with Gasteiger partial charge in [0, 0.05) is 17.8 Å². The number of aromatic nitrogens is 2. The van der Waals surface area contributed by atoms with Crippen LogP contribution in [0.1, 0.15) is 25.7 Å². The standard InChI is InChI=1S/C18H20N4O3/c1-20-12-8-14-13(21-9-12)2-3-16(24)22(14)10-15(23)18-6-4-17(19,5-7-18)11-25-18/h2-3,8-9,15,23H,4-7,10-11,19H2. The second-order valence-electron chi connectivity index (χ2n) is 7.22. The van der Waals surface area contributed by atoms with Gasteiger partial charge in [0.2, 0.25) is 5.69 Å². The summed E-state index contributed by atoms with van der Waals surface area (Å²) in [6, 6.07) is 4.70. The molecule has 2 aromatic heterocycles. The summed E-state index contributed by atoms with van der Waals surface area (Å²) < 4.78 is 7.43. The predicted molar refractivity (Wildman–Crippen MR) is 92.3 cm³/mol. The topological polar surface area (TPSA) is 94.7 Å². The van der Waals surface area contributed by atoms with E-state index < -0.39 is 11.7 Å². The lowest BCUT2D eigenvalue weighted by atomic mass is 9.69. The molecule has 5 rings (SSSR count). The number of nitrogens with two attached hydrogens (primary N) is 1. The molecule has 4 heterocycles. The molecule has 2 aromatic rings. The summed E-state index contributed by atoms with van der Waals surface area (Å²) in [5, 5.41) is 10.9. The average Bonchev–Trinajstić information content (AvgIpc) is 2.64. The molecule has 130 valence electrons. The highest BCUT2D eigenvalue weighted by Crippen LogP contribution is 2.44. The average molecular weight is 340 g/mol. The maximum Gasteiger partial charge on any atom is 0.251 e. The molecule has 0 aromatic carbocycles. The molecule has 1 saturated carbocycles. The van der Waals surface area contributed by atoms with E-state index >= 15 is 0 Å². The van der Waals surface area contributed by atoms with Crippen molar-refractivity contribution in [3.63, 3.8) is 0 Å². The van der Waals surface area contributed by atoms with Crippen LogP contribution >= 0.6 is 0 Å². The van der Waals surface area contributed by atoms with Crippen molar-refractivity contribution in [2.45, 2.75) is 49.5 Å². The van der Waals surface area contributed by atoms with E-state index in [2.05, 4.69) is 9.83 Å². The van der Waals surface area contributed by atoms with Crippen molar-refractivity contribution < 1.29 is 9.84 Å². The zero-order valence-electron chi connectivity index (χ0n) is 13.8. The molecule has 0 spiro atoms. The van der Waals surface area contributed by atoms with Gasteiger partial charge in [-0.15, -0.1) is 0 Å². The van der Waals surface area contributed by atoms with Crippen molar-refractivity contribution in [2.75, 3.05) is 6.61 Å². The number of nitrogens with zero attached hydrogens (tertiary/aromatic N) is 3. The van der Waals surface area contributed by atoms with Crippen LogP contribution in [0.4, 0.5) is 5.69 Å². The Morgan fingerprint density at radius 2 is 2.16 bits per heavy atom. The van der Waals surface area contributed by atoms with Gasteiger partial charge >= 0.3 is 0 Å². The van der Waals surface area contributed by atoms with E-state index in [0.717, 1.165) is 12.8 Å². The van der Waals surface area contributed by atoms with Crippen molar-refractivity contribution in [3.8, 4) is 0 Å². The number of ether oxygens (including phenoxy) is 1. The lowest BCUT2D eigenvalue weighted by molar-refractivity contribution is -0.204. The van der Waals surface area contributed by atoms with E-state index in [1.165, 1.54) is 16.8 Å². The van der Waals surface area contributed by atoms with Crippen molar-refractivity contribution in [1.82, 2.24) is 9.55 Å². The molecule has 7 nitrogen and oxygen atoms in total. The SMILES string of the molecule is [C-]#[N+]c1cnc2ccc(=O)n(CC(O)C34CCC(N)(CC3)CO4)c2c1. The molecule has 1 aliphatic carbocycles. The van der Waals surface area contributed by atoms with Crippen molar-refractivity contribution in [1.29, 1.82) is 0 Å². The minimum atomic E-state index is -0.822. The number of pyridine rings is 2. The molecule has 1 atom stereocenters. The summed E-state index contributed by atoms with van der Waals surface area (Å²) in [5.74, 6) is 0. The van der Waals surface area contributed by atoms with Crippen LogP contribution in [0.3, 0.4) is 0 Å². The van der Waals surface area contributed by atoms with Crippen LogP contribution in [0.15, 0.2) is 29.2 Å². The minimum Gasteiger partial charge on any atom is -0.388 e. The fourth-order valence-corrected chi connectivity index (χ4v) is 3.92. The quantitative estimate of drug-likeness (QED) is 0.823. The highest BCUT2D eigenvalue weighted by atomic mass is 16.5. The fourth-order valence-electron chi connectivity index (χ4n) is 3.92. The molecule has 2 aliphatic heterocycles. The molecule has 1 unspecified atom stereocenters. The van der Waals surface area contributed by atoms with Gasteiger partial charge in [0.05, 0.1) is 36.4 Å². The third-order valence-corrected chi connectivity index (χ3v) is 5.65. The van der Waals surface area contributed by atoms with Gasteiger partial charge in [0.1, 0.15) is 6.10 Å². The monoisotopic (exact) mass is 340 g/mol. The van der Waals surface area contributed by atoms with Gasteiger partial charge in [-0.3, -0.25) is 9.78 Å². The predicted octanol–water partition coefficient (Wildman–Crippen LogP) is 1.35. The largest absolute Gasteiger partial charge is 0.388 e. The van der Waals surface area contributed by atoms with Gasteiger partial charge in [0.15, 0.2) is 0 Å². The number of aliphatic hydroxyl groups excluding tert-OH is 1. The first kappa shape index (κ1) is 16.2. The summed E-state index contributed by atoms with van der Waals surface area (Å²) >= 11 is 0. The van der Waals surface area contributed by atoms with Gasteiger partial charge in [-0.2, -0.15) is 0 Å². The zero-order valence-corrected chi connectivity index (χ0v) is 13.8. The summed E-state index contributed by atoms with van der Waals surface area (Å²) in [6.45, 7) is 7.70. The summed E-state index contributed by atoms with van der Waals surface area (Å²) in [5.41, 5.74) is 6.62. The summed E-state index contributed by atoms with van der Waals surface area (Å²) in [7, 11) is 0. The summed E-state index contributed by atoms with van der Waals surface area (Å²) in [6.07, 6.45) is 3.67. The maximum atomic E-state index is 12.4. The van der Waals surface area contributed by atoms with Crippen molar-refractivity contribution in [3.05, 3.63) is 46.2 Å². The van der Waals surface area contributed by atoms with Crippen molar-refractivity contribution >= 4 is 16.7 Å². The third kappa shape index (κ3) is 2.63. The first-order valence-electron chi connectivity index (χ1n) is 8.43. The molecule has 2 saturated heterocycles. The van der Waals surface area contributed by atoms with Gasteiger partial charge in [-0.05, 0) is 37.8 Å². The molecule has 3 N–H and O–H groups in total. The molecule has 25 heavy (non-hydrogen) atoms. The normalized spacial score (nSPS) is 29.5. The Labute approximate surface area is 144 Å². The van der Waals surface area contributed by atoms with Crippen molar-refractivity contribution in [2.24, 2.45) is 5.73 Å². The van der Waals surface area contributed by atoms with Crippen LogP contribution in [0.25, 0.3) is 15.9 Å². The van der Waals surface area contributed by atoms with E-state index in [-0.39, 0.29) is 17.6 Å². The van der Waals surface area contributed by atoms with Crippen LogP contribution in [0.5, 0.6) is 0 Å². The number of aliphatic hydroxyl groups is 1. The van der Waals surface area contributed by atoms with Gasteiger partial charge < -0.3 is 20.1 Å². The molecule has 3 aliphatic rings. The first-order chi connectivity index (χ1) is 11.9. The van der Waals surface area contributed by atoms with Gasteiger partial charge in [-0.25, -0.2) is 4.85 Å². The molecule has 3 fully saturated rings. The van der Waals surface area contributed by atoms with E-state index in [0.29, 0.717) is 36.2 Å². The van der Waals surface area contributed by atoms with E-state index in [4.69, 9.17) is 17.0 Å². The molecule has 2 bridgehead atoms. The van der Waals surface area contributed by atoms with Crippen LogP contribution < -0.4 is 11.3 Å². The molecule has 0 amide bonds. The van der Waals surface area contributed by atoms with Crippen LogP contribution in [0.2, 0.25) is 0 Å². The smallest absolute Gasteiger partial charge is 0.251 e. The van der Waals surface area contributed by atoms with E-state index in [1.54, 1.807) is 12.1 Å². The molecule has 7 heteroatoms. The number of fused-ring (bicyclic) bond motifs is 4. The Morgan fingerprint density at radius 3 is 2.80 bits per heavy atom. The van der Waals surface area contributed by atoms with Gasteiger partial charge in [-0.1, -0.05) is 0 Å². The molecule has 0 radical (unpaired) electrons. The Bertz CT molecular complexity index is 906. The second kappa shape index (κ2) is 5.63. The number of hydrogen-bond acceptors (Lipinski definition) is 5. The Morgan fingerprint density at radius 1 is 1.40 bits per heavy atom. The molecular weight excluding hydrogens is 320 g/mol. The highest BCUT2D eigenvalue weighted by molar-refractivity contribution is 5.78. The number of rotatable bonds is 3. The highest BCUT2D eigenvalue weighted by Gasteiger charge is 2.51.